The van der Waals surface area contributed by atoms with Crippen molar-refractivity contribution in [2.75, 3.05) is 11.6 Å². The van der Waals surface area contributed by atoms with Gasteiger partial charge in [0.25, 0.3) is 0 Å². The average Bonchev–Trinajstić information content (AvgIpc) is 3.24. The molecule has 0 radical (unpaired) electrons. The Balaban J connectivity index is 1.60. The Morgan fingerprint density at radius 1 is 1.36 bits per heavy atom. The van der Waals surface area contributed by atoms with Crippen LogP contribution >= 0.6 is 11.8 Å². The average molecular weight is 361 g/mol. The van der Waals surface area contributed by atoms with Gasteiger partial charge in [0.2, 0.25) is 11.1 Å². The zero-order chi connectivity index (χ0) is 17.8. The molecule has 0 saturated heterocycles. The first-order chi connectivity index (χ1) is 12.0. The molecule has 3 rings (SSSR count). The number of carbonyl (C=O) groups excluding carboxylic acids is 1. The number of rotatable bonds is 6. The summed E-state index contributed by atoms with van der Waals surface area (Å²) >= 11 is 1.16. The van der Waals surface area contributed by atoms with Gasteiger partial charge < -0.3 is 15.6 Å². The van der Waals surface area contributed by atoms with Gasteiger partial charge in [0.05, 0.1) is 18.1 Å². The highest BCUT2D eigenvalue weighted by molar-refractivity contribution is 7.99. The first-order valence-electron chi connectivity index (χ1n) is 7.46. The minimum Gasteiger partial charge on any atom is -0.467 e. The second-order valence-electron chi connectivity index (χ2n) is 5.28. The summed E-state index contributed by atoms with van der Waals surface area (Å²) in [5.41, 5.74) is 0.638. The molecule has 1 aromatic carbocycles. The van der Waals surface area contributed by atoms with Crippen molar-refractivity contribution >= 4 is 17.7 Å². The Morgan fingerprint density at radius 2 is 2.12 bits per heavy atom. The van der Waals surface area contributed by atoms with Gasteiger partial charge in [-0.2, -0.15) is 0 Å². The van der Waals surface area contributed by atoms with E-state index in [1.165, 1.54) is 16.8 Å². The number of halogens is 1. The van der Waals surface area contributed by atoms with Crippen LogP contribution in [-0.2, 0) is 4.79 Å². The zero-order valence-electron chi connectivity index (χ0n) is 13.3. The van der Waals surface area contributed by atoms with Crippen molar-refractivity contribution in [3.05, 3.63) is 54.2 Å². The lowest BCUT2D eigenvalue weighted by Crippen LogP contribution is -2.28. The second-order valence-corrected chi connectivity index (χ2v) is 6.22. The smallest absolute Gasteiger partial charge is 0.231 e. The van der Waals surface area contributed by atoms with Gasteiger partial charge in [-0.25, -0.2) is 9.07 Å². The number of thioether (sulfide) groups is 1. The van der Waals surface area contributed by atoms with E-state index in [4.69, 9.17) is 10.3 Å². The maximum absolute atomic E-state index is 13.0. The molecular weight excluding hydrogens is 345 g/mol. The number of amides is 1. The molecule has 9 heteroatoms. The van der Waals surface area contributed by atoms with Crippen molar-refractivity contribution in [1.82, 2.24) is 20.2 Å². The minimum absolute atomic E-state index is 0.129. The van der Waals surface area contributed by atoms with E-state index in [1.807, 2.05) is 6.92 Å². The Hall–Kier alpha value is -2.81. The highest BCUT2D eigenvalue weighted by Gasteiger charge is 2.16. The van der Waals surface area contributed by atoms with Crippen LogP contribution in [0.1, 0.15) is 18.7 Å². The number of hydrogen-bond donors (Lipinski definition) is 2. The second kappa shape index (κ2) is 7.39. The van der Waals surface area contributed by atoms with Crippen molar-refractivity contribution < 1.29 is 13.6 Å². The monoisotopic (exact) mass is 361 g/mol. The van der Waals surface area contributed by atoms with Crippen LogP contribution in [0.2, 0.25) is 0 Å². The molecule has 3 N–H and O–H groups in total. The molecule has 0 fully saturated rings. The van der Waals surface area contributed by atoms with Crippen LogP contribution in [0.5, 0.6) is 0 Å². The third-order valence-electron chi connectivity index (χ3n) is 3.45. The number of nitrogens with zero attached hydrogens (tertiary/aromatic N) is 3. The van der Waals surface area contributed by atoms with E-state index in [0.717, 1.165) is 11.8 Å². The fourth-order valence-electron chi connectivity index (χ4n) is 2.19. The fourth-order valence-corrected chi connectivity index (χ4v) is 2.86. The molecule has 0 saturated carbocycles. The predicted octanol–water partition coefficient (Wildman–Crippen LogP) is 2.36. The van der Waals surface area contributed by atoms with E-state index in [2.05, 4.69) is 15.5 Å². The van der Waals surface area contributed by atoms with Crippen molar-refractivity contribution in [3.63, 3.8) is 0 Å². The van der Waals surface area contributed by atoms with Gasteiger partial charge in [-0.1, -0.05) is 11.8 Å². The molecule has 0 bridgehead atoms. The largest absolute Gasteiger partial charge is 0.467 e. The molecule has 0 aliphatic rings. The van der Waals surface area contributed by atoms with Gasteiger partial charge >= 0.3 is 0 Å². The normalized spacial score (nSPS) is 12.1. The first kappa shape index (κ1) is 17.0. The van der Waals surface area contributed by atoms with Gasteiger partial charge in [-0.15, -0.1) is 10.2 Å². The van der Waals surface area contributed by atoms with Crippen molar-refractivity contribution in [2.45, 2.75) is 18.1 Å². The summed E-state index contributed by atoms with van der Waals surface area (Å²) < 4.78 is 19.5. The third-order valence-corrected chi connectivity index (χ3v) is 4.39. The number of furan rings is 1. The highest BCUT2D eigenvalue weighted by Crippen LogP contribution is 2.22. The number of aromatic nitrogens is 3. The summed E-state index contributed by atoms with van der Waals surface area (Å²) in [7, 11) is 0. The highest BCUT2D eigenvalue weighted by atomic mass is 32.2. The lowest BCUT2D eigenvalue weighted by atomic mass is 10.2. The molecule has 7 nitrogen and oxygen atoms in total. The SMILES string of the molecule is CC(NC(=O)CSc1nnc(-c2ccc(F)cc2)n1N)c1ccco1. The Morgan fingerprint density at radius 3 is 2.80 bits per heavy atom. The van der Waals surface area contributed by atoms with Crippen molar-refractivity contribution in [2.24, 2.45) is 0 Å². The molecule has 0 spiro atoms. The van der Waals surface area contributed by atoms with E-state index in [0.29, 0.717) is 22.3 Å². The maximum Gasteiger partial charge on any atom is 0.231 e. The van der Waals surface area contributed by atoms with Crippen LogP contribution < -0.4 is 11.2 Å². The van der Waals surface area contributed by atoms with Gasteiger partial charge in [0.1, 0.15) is 11.6 Å². The van der Waals surface area contributed by atoms with Gasteiger partial charge in [-0.3, -0.25) is 4.79 Å². The van der Waals surface area contributed by atoms with Gasteiger partial charge in [0.15, 0.2) is 5.82 Å². The predicted molar refractivity (Wildman–Crippen MR) is 91.6 cm³/mol. The molecule has 1 unspecified atom stereocenters. The number of nitrogens with one attached hydrogen (secondary N) is 1. The molecule has 2 heterocycles. The number of hydrogen-bond acceptors (Lipinski definition) is 6. The number of carbonyl (C=O) groups is 1. The topological polar surface area (TPSA) is 99.0 Å². The maximum atomic E-state index is 13.0. The Labute approximate surface area is 147 Å². The van der Waals surface area contributed by atoms with Crippen molar-refractivity contribution in [1.29, 1.82) is 0 Å². The van der Waals surface area contributed by atoms with Crippen LogP contribution in [0.25, 0.3) is 11.4 Å². The summed E-state index contributed by atoms with van der Waals surface area (Å²) in [6.07, 6.45) is 1.56. The Kier molecular flexibility index (Phi) is 5.03. The molecule has 1 atom stereocenters. The molecular formula is C16H16FN5O2S. The fraction of sp³-hybridized carbons (Fsp3) is 0.188. The van der Waals surface area contributed by atoms with E-state index in [1.54, 1.807) is 30.5 Å². The Bertz CT molecular complexity index is 848. The van der Waals surface area contributed by atoms with E-state index >= 15 is 0 Å². The molecule has 3 aromatic rings. The summed E-state index contributed by atoms with van der Waals surface area (Å²) in [5, 5.41) is 11.2. The summed E-state index contributed by atoms with van der Waals surface area (Å²) in [6.45, 7) is 1.83. The minimum atomic E-state index is -0.344. The summed E-state index contributed by atoms with van der Waals surface area (Å²) in [5.74, 6) is 6.65. The summed E-state index contributed by atoms with van der Waals surface area (Å²) in [4.78, 5) is 12.0. The first-order valence-corrected chi connectivity index (χ1v) is 8.45. The van der Waals surface area contributed by atoms with Gasteiger partial charge in [0, 0.05) is 5.56 Å². The van der Waals surface area contributed by atoms with Crippen LogP contribution in [0.15, 0.2) is 52.2 Å². The van der Waals surface area contributed by atoms with Gasteiger partial charge in [-0.05, 0) is 43.3 Å². The quantitative estimate of drug-likeness (QED) is 0.516. The lowest BCUT2D eigenvalue weighted by molar-refractivity contribution is -0.119. The number of benzene rings is 1. The third kappa shape index (κ3) is 4.00. The molecule has 0 aliphatic carbocycles. The van der Waals surface area contributed by atoms with E-state index in [9.17, 15) is 9.18 Å². The summed E-state index contributed by atoms with van der Waals surface area (Å²) in [6, 6.07) is 9.10. The van der Waals surface area contributed by atoms with Crippen molar-refractivity contribution in [3.8, 4) is 11.4 Å². The number of nitrogens with two attached hydrogens (primary N) is 1. The van der Waals surface area contributed by atoms with E-state index in [-0.39, 0.29) is 23.5 Å². The molecule has 2 aromatic heterocycles. The molecule has 130 valence electrons. The molecule has 1 amide bonds. The van der Waals surface area contributed by atoms with Crippen LogP contribution in [0, 0.1) is 5.82 Å². The molecule has 0 aliphatic heterocycles. The zero-order valence-corrected chi connectivity index (χ0v) is 14.2. The van der Waals surface area contributed by atoms with Crippen LogP contribution in [0.4, 0.5) is 4.39 Å². The molecule has 25 heavy (non-hydrogen) atoms. The standard InChI is InChI=1S/C16H16FN5O2S/c1-10(13-3-2-8-24-13)19-14(23)9-25-16-21-20-15(22(16)18)11-4-6-12(17)7-5-11/h2-8,10H,9,18H2,1H3,(H,19,23). The number of nitrogen functional groups attached to an aromatic ring is 1. The van der Waals surface area contributed by atoms with Crippen LogP contribution in [0.3, 0.4) is 0 Å². The van der Waals surface area contributed by atoms with E-state index < -0.39 is 0 Å². The van der Waals surface area contributed by atoms with Crippen LogP contribution in [-0.4, -0.2) is 26.5 Å². The lowest BCUT2D eigenvalue weighted by Gasteiger charge is -2.10.